The summed E-state index contributed by atoms with van der Waals surface area (Å²) in [6.07, 6.45) is 61.4. The second-order valence-corrected chi connectivity index (χ2v) is 27.9. The van der Waals surface area contributed by atoms with Gasteiger partial charge in [-0.05, 0) is 49.3 Å². The fourth-order valence-corrected chi connectivity index (χ4v) is 12.2. The Bertz CT molecular complexity index is 3050. The molecule has 0 unspecified atom stereocenters. The fraction of sp³-hybridized carbons (Fsp3) is 0.684. The van der Waals surface area contributed by atoms with Crippen molar-refractivity contribution in [1.82, 2.24) is 39.9 Å². The lowest BCUT2D eigenvalue weighted by molar-refractivity contribution is 0.295. The summed E-state index contributed by atoms with van der Waals surface area (Å²) in [7, 11) is 0. The average molecular weight is 1240 g/mol. The van der Waals surface area contributed by atoms with Crippen LogP contribution in [0.3, 0.4) is 0 Å². The van der Waals surface area contributed by atoms with Gasteiger partial charge in [0.2, 0.25) is 0 Å². The molecule has 4 aromatic heterocycles. The smallest absolute Gasteiger partial charge is 0.272 e. The molecule has 0 aliphatic carbocycles. The molecule has 90 heavy (non-hydrogen) atoms. The first kappa shape index (κ1) is 74.8. The minimum absolute atomic E-state index is 0.0368. The van der Waals surface area contributed by atoms with Gasteiger partial charge in [0.25, 0.3) is 22.2 Å². The zero-order valence-electron chi connectivity index (χ0n) is 57.7. The number of aromatic amines is 6. The first-order chi connectivity index (χ1) is 43.6. The monoisotopic (exact) mass is 1240 g/mol. The molecule has 14 nitrogen and oxygen atoms in total. The molecule has 0 amide bonds. The molecule has 0 aliphatic heterocycles. The van der Waals surface area contributed by atoms with Crippen molar-refractivity contribution in [1.29, 1.82) is 0 Å². The van der Waals surface area contributed by atoms with Crippen molar-refractivity contribution < 1.29 is 9.47 Å². The van der Waals surface area contributed by atoms with Gasteiger partial charge in [-0.15, -0.1) is 0 Å². The van der Waals surface area contributed by atoms with Gasteiger partial charge in [0, 0.05) is 33.3 Å². The summed E-state index contributed by atoms with van der Waals surface area (Å²) in [4.78, 5) is 81.9. The van der Waals surface area contributed by atoms with Gasteiger partial charge < -0.3 is 39.4 Å². The Balaban J connectivity index is 1.27. The van der Waals surface area contributed by atoms with E-state index in [1.54, 1.807) is 49.1 Å². The van der Waals surface area contributed by atoms with Crippen LogP contribution in [0.15, 0.2) is 44.0 Å². The molecule has 0 aliphatic rings. The van der Waals surface area contributed by atoms with E-state index >= 15 is 0 Å². The molecule has 0 spiro atoms. The highest BCUT2D eigenvalue weighted by atomic mass is 16.5. The first-order valence-electron chi connectivity index (χ1n) is 36.2. The predicted molar refractivity (Wildman–Crippen MR) is 376 cm³/mol. The number of hydrogen-bond acceptors (Lipinski definition) is 8. The van der Waals surface area contributed by atoms with Crippen molar-refractivity contribution in [2.45, 2.75) is 323 Å². The fourth-order valence-electron chi connectivity index (χ4n) is 12.2. The lowest BCUT2D eigenvalue weighted by atomic mass is 9.90. The summed E-state index contributed by atoms with van der Waals surface area (Å²) in [5.74, 6) is 0.869. The van der Waals surface area contributed by atoms with Gasteiger partial charge >= 0.3 is 0 Å². The van der Waals surface area contributed by atoms with E-state index in [4.69, 9.17) is 9.47 Å². The van der Waals surface area contributed by atoms with E-state index in [9.17, 15) is 19.2 Å². The summed E-state index contributed by atoms with van der Waals surface area (Å²) >= 11 is 0. The molecule has 5 aromatic rings. The molecule has 0 bridgehead atoms. The molecule has 0 fully saturated rings. The van der Waals surface area contributed by atoms with E-state index in [0.29, 0.717) is 47.2 Å². The lowest BCUT2D eigenvalue weighted by Gasteiger charge is -2.16. The van der Waals surface area contributed by atoms with E-state index < -0.39 is 22.2 Å². The maximum absolute atomic E-state index is 13.9. The normalized spacial score (nSPS) is 13.0. The lowest BCUT2D eigenvalue weighted by Crippen LogP contribution is -2.47. The van der Waals surface area contributed by atoms with Gasteiger partial charge in [-0.3, -0.25) is 19.2 Å². The molecule has 6 N–H and O–H groups in total. The van der Waals surface area contributed by atoms with Crippen LogP contribution in [0.5, 0.6) is 11.5 Å². The summed E-state index contributed by atoms with van der Waals surface area (Å²) in [6.45, 7) is 17.7. The van der Waals surface area contributed by atoms with E-state index in [1.165, 1.54) is 218 Å². The molecule has 0 radical (unpaired) electrons. The summed E-state index contributed by atoms with van der Waals surface area (Å²) in [6, 6.07) is 3.60. The van der Waals surface area contributed by atoms with Gasteiger partial charge in [-0.1, -0.05) is 299 Å². The highest BCUT2D eigenvalue weighted by Gasteiger charge is 2.21. The molecule has 1 aromatic carbocycles. The molecule has 4 heterocycles. The Morgan fingerprint density at radius 1 is 0.333 bits per heavy atom. The number of unbranched alkanes of at least 4 members (excludes halogenated alkanes) is 38. The number of hydrogen-bond donors (Lipinski definition) is 6. The van der Waals surface area contributed by atoms with Crippen molar-refractivity contribution in [2.75, 3.05) is 13.2 Å². The first-order valence-corrected chi connectivity index (χ1v) is 36.2. The van der Waals surface area contributed by atoms with Crippen LogP contribution in [-0.2, 0) is 10.8 Å². The number of aromatic nitrogens is 8. The molecule has 0 atom stereocenters. The van der Waals surface area contributed by atoms with E-state index in [0.717, 1.165) is 49.9 Å². The van der Waals surface area contributed by atoms with E-state index in [-0.39, 0.29) is 32.2 Å². The second-order valence-electron chi connectivity index (χ2n) is 27.9. The van der Waals surface area contributed by atoms with Crippen molar-refractivity contribution in [3.8, 4) is 11.5 Å². The Kier molecular flexibility index (Phi) is 35.7. The molecule has 502 valence electrons. The van der Waals surface area contributed by atoms with Crippen LogP contribution in [0.4, 0.5) is 0 Å². The Hall–Kier alpha value is -5.92. The number of imidazole rings is 2. The van der Waals surface area contributed by atoms with Crippen LogP contribution in [0.25, 0.3) is 24.3 Å². The quantitative estimate of drug-likeness (QED) is 0.0206. The summed E-state index contributed by atoms with van der Waals surface area (Å²) in [5, 5.41) is 0.234. The van der Waals surface area contributed by atoms with Gasteiger partial charge in [-0.25, -0.2) is 9.97 Å². The van der Waals surface area contributed by atoms with Crippen LogP contribution in [0, 0.1) is 0 Å². The topological polar surface area (TPSA) is 207 Å². The number of nitrogens with zero attached hydrogens (tertiary/aromatic N) is 2. The van der Waals surface area contributed by atoms with Gasteiger partial charge in [-0.2, -0.15) is 0 Å². The third-order valence-corrected chi connectivity index (χ3v) is 17.6. The van der Waals surface area contributed by atoms with Gasteiger partial charge in [0.05, 0.1) is 37.3 Å². The third-order valence-electron chi connectivity index (χ3n) is 17.6. The minimum Gasteiger partial charge on any atom is -0.493 e. The largest absolute Gasteiger partial charge is 0.493 e. The van der Waals surface area contributed by atoms with Crippen LogP contribution in [-0.4, -0.2) is 53.1 Å². The zero-order valence-corrected chi connectivity index (χ0v) is 57.7. The Labute approximate surface area is 540 Å². The van der Waals surface area contributed by atoms with Crippen molar-refractivity contribution in [2.24, 2.45) is 0 Å². The molecular weight excluding hydrogens is 1120 g/mol. The predicted octanol–water partition coefficient (Wildman–Crippen LogP) is 16.2. The Morgan fingerprint density at radius 3 is 0.789 bits per heavy atom. The molecule has 5 rings (SSSR count). The molecule has 0 saturated carbocycles. The maximum atomic E-state index is 13.9. The summed E-state index contributed by atoms with van der Waals surface area (Å²) in [5.41, 5.74) is 1.31. The standard InChI is InChI=1S/C76H122N8O6/c1-9-11-13-15-17-19-21-23-25-27-29-31-33-35-37-39-41-43-45-47-49-89-67-53-60(52-64-72(86)84-66(74(88)82-64)56-62-70(76(6,7)8)80-58-78-62)68(90-50-48-46-44-42-40-38-36-34-32-30-28-26-24-22-20-18-16-14-12-10-2)54-59(67)51-63-71(85)83-65(73(87)81-63)55-61-69(75(3,4)5)79-57-77-61/h51-58H,9-50H2,1-8H3,(H,77,79)(H,78,80)(H,81,87)(H,82,88)(H,83,85)(H,84,86)/b63-51-,64-52-,65-55-,66-56-. The van der Waals surface area contributed by atoms with E-state index in [2.05, 4.69) is 53.7 Å². The van der Waals surface area contributed by atoms with Gasteiger partial charge in [0.15, 0.2) is 0 Å². The number of H-pyrrole nitrogens is 6. The van der Waals surface area contributed by atoms with Crippen LogP contribution in [0.1, 0.15) is 346 Å². The van der Waals surface area contributed by atoms with Crippen LogP contribution in [0.2, 0.25) is 0 Å². The molecular formula is C76H122N8O6. The van der Waals surface area contributed by atoms with Gasteiger partial charge in [0.1, 0.15) is 32.9 Å². The highest BCUT2D eigenvalue weighted by Crippen LogP contribution is 2.32. The number of nitrogens with one attached hydrogen (secondary N) is 6. The molecule has 14 heteroatoms. The van der Waals surface area contributed by atoms with Crippen molar-refractivity contribution in [3.05, 3.63) is 122 Å². The number of benzene rings is 1. The minimum atomic E-state index is -0.498. The van der Waals surface area contributed by atoms with Crippen LogP contribution < -0.4 is 53.1 Å². The second kappa shape index (κ2) is 43.0. The Morgan fingerprint density at radius 2 is 0.556 bits per heavy atom. The maximum Gasteiger partial charge on any atom is 0.272 e. The van der Waals surface area contributed by atoms with Crippen molar-refractivity contribution >= 4 is 24.3 Å². The zero-order chi connectivity index (χ0) is 64.7. The number of ether oxygens (including phenoxy) is 2. The highest BCUT2D eigenvalue weighted by molar-refractivity contribution is 5.67. The SMILES string of the molecule is CCCCCCCCCCCCCCCCCCCCCCOc1cc(/C=c2\[nH]c(=O)/c(=C/c3nc[nH]c3C(C)(C)C)[nH]c2=O)c(OCCCCCCCCCCCCCCCCCCCCCC)cc1/C=c1\[nH]c(=O)/c(=C/c2nc[nH]c2C(C)(C)C)[nH]c1=O. The molecule has 0 saturated heterocycles. The summed E-state index contributed by atoms with van der Waals surface area (Å²) < 4.78 is 13.2. The third kappa shape index (κ3) is 29.1. The van der Waals surface area contributed by atoms with Crippen LogP contribution >= 0.6 is 0 Å². The average Bonchev–Trinajstić information content (AvgIpc) is 1.43. The number of rotatable bonds is 48. The van der Waals surface area contributed by atoms with Crippen molar-refractivity contribution in [3.63, 3.8) is 0 Å². The van der Waals surface area contributed by atoms with E-state index in [1.807, 2.05) is 41.5 Å².